The third-order valence-electron chi connectivity index (χ3n) is 4.54. The number of hydrogen-bond donors (Lipinski definition) is 0. The highest BCUT2D eigenvalue weighted by Crippen LogP contribution is 2.30. The van der Waals surface area contributed by atoms with Gasteiger partial charge < -0.3 is 14.5 Å². The van der Waals surface area contributed by atoms with Gasteiger partial charge in [0, 0.05) is 13.0 Å². The Morgan fingerprint density at radius 2 is 1.77 bits per heavy atom. The number of ether oxygens (including phenoxy) is 1. The highest BCUT2D eigenvalue weighted by molar-refractivity contribution is 7.93. The lowest BCUT2D eigenvalue weighted by atomic mass is 9.92. The molecule has 0 N–H and O–H groups in total. The number of carbonyl (C=O) groups is 1. The summed E-state index contributed by atoms with van der Waals surface area (Å²) in [5, 5.41) is 11.3. The first-order valence-corrected chi connectivity index (χ1v) is 10.6. The third kappa shape index (κ3) is 5.12. The maximum absolute atomic E-state index is 12.7. The van der Waals surface area contributed by atoms with Crippen LogP contribution in [0.1, 0.15) is 40.4 Å². The van der Waals surface area contributed by atoms with Crippen LogP contribution in [0, 0.1) is 5.41 Å². The zero-order valence-electron chi connectivity index (χ0n) is 17.3. The van der Waals surface area contributed by atoms with Crippen molar-refractivity contribution < 1.29 is 36.2 Å². The molecular formula is C19H24F3N2O5S-. The minimum atomic E-state index is -4.77. The summed E-state index contributed by atoms with van der Waals surface area (Å²) in [6, 6.07) is 3.84. The molecule has 0 aliphatic rings. The molecule has 168 valence electrons. The van der Waals surface area contributed by atoms with Gasteiger partial charge in [-0.15, -0.1) is 13.2 Å². The summed E-state index contributed by atoms with van der Waals surface area (Å²) in [6.07, 6.45) is -4.35. The van der Waals surface area contributed by atoms with Crippen molar-refractivity contribution in [3.05, 3.63) is 24.0 Å². The van der Waals surface area contributed by atoms with E-state index in [1.807, 2.05) is 20.8 Å². The fraction of sp³-hybridized carbons (Fsp3) is 0.579. The van der Waals surface area contributed by atoms with Gasteiger partial charge in [0.25, 0.3) is 0 Å². The average Bonchev–Trinajstić information content (AvgIpc) is 2.88. The van der Waals surface area contributed by atoms with E-state index in [2.05, 4.69) is 9.72 Å². The molecule has 0 saturated heterocycles. The number of benzene rings is 1. The quantitative estimate of drug-likeness (QED) is 0.644. The van der Waals surface area contributed by atoms with E-state index in [1.54, 1.807) is 4.57 Å². The minimum absolute atomic E-state index is 0.141. The van der Waals surface area contributed by atoms with Gasteiger partial charge in [0.05, 0.1) is 28.5 Å². The van der Waals surface area contributed by atoms with Crippen molar-refractivity contribution in [1.82, 2.24) is 9.55 Å². The molecule has 0 radical (unpaired) electrons. The van der Waals surface area contributed by atoms with Crippen LogP contribution >= 0.6 is 0 Å². The number of hydrogen-bond acceptors (Lipinski definition) is 6. The van der Waals surface area contributed by atoms with E-state index in [4.69, 9.17) is 0 Å². The maximum atomic E-state index is 12.7. The number of sulfone groups is 1. The Labute approximate surface area is 172 Å². The number of carboxylic acids is 1. The molecule has 0 atom stereocenters. The summed E-state index contributed by atoms with van der Waals surface area (Å²) in [7, 11) is -4.29. The van der Waals surface area contributed by atoms with E-state index in [0.717, 1.165) is 13.8 Å². The molecule has 11 heteroatoms. The van der Waals surface area contributed by atoms with Gasteiger partial charge in [-0.05, 0) is 37.5 Å². The van der Waals surface area contributed by atoms with Crippen LogP contribution in [0.5, 0.6) is 0 Å². The molecule has 0 amide bonds. The van der Waals surface area contributed by atoms with Crippen molar-refractivity contribution in [2.75, 3.05) is 6.61 Å². The fourth-order valence-electron chi connectivity index (χ4n) is 2.84. The summed E-state index contributed by atoms with van der Waals surface area (Å²) >= 11 is 0. The zero-order chi connectivity index (χ0) is 23.1. The number of aliphatic carboxylic acids is 1. The van der Waals surface area contributed by atoms with Crippen LogP contribution < -0.4 is 5.11 Å². The standard InChI is InChI=1S/C19H25F3N2O5S/c1-17(2,3)11-15-23-13-10-12(30(27,28)18(4,5)16(25)26)6-7-14(13)24(15)8-9-29-19(20,21)22/h6-7,10H,8-9,11H2,1-5H3,(H,25,26)/p-1. The Morgan fingerprint density at radius 3 is 2.27 bits per heavy atom. The first kappa shape index (κ1) is 24.1. The molecule has 2 rings (SSSR count). The first-order chi connectivity index (χ1) is 13.5. The summed E-state index contributed by atoms with van der Waals surface area (Å²) in [5.41, 5.74) is 0.414. The van der Waals surface area contributed by atoms with E-state index in [0.29, 0.717) is 17.8 Å². The molecule has 0 fully saturated rings. The Hall–Kier alpha value is -2.14. The van der Waals surface area contributed by atoms with Gasteiger partial charge in [-0.1, -0.05) is 20.8 Å². The molecule has 0 aliphatic carbocycles. The van der Waals surface area contributed by atoms with Crippen molar-refractivity contribution in [3.63, 3.8) is 0 Å². The van der Waals surface area contributed by atoms with Gasteiger partial charge in [0.2, 0.25) is 0 Å². The Bertz CT molecular complexity index is 1050. The fourth-order valence-corrected chi connectivity index (χ4v) is 4.17. The van der Waals surface area contributed by atoms with Crippen LogP contribution in [0.3, 0.4) is 0 Å². The minimum Gasteiger partial charge on any atom is -0.548 e. The number of carboxylic acid groups (broad SMARTS) is 1. The number of aromatic nitrogens is 2. The van der Waals surface area contributed by atoms with E-state index < -0.39 is 33.5 Å². The van der Waals surface area contributed by atoms with Crippen LogP contribution in [0.4, 0.5) is 13.2 Å². The summed E-state index contributed by atoms with van der Waals surface area (Å²) in [6.45, 7) is 7.07. The van der Waals surface area contributed by atoms with Gasteiger partial charge in [-0.2, -0.15) is 0 Å². The maximum Gasteiger partial charge on any atom is 0.522 e. The lowest BCUT2D eigenvalue weighted by molar-refractivity contribution is -0.325. The molecule has 30 heavy (non-hydrogen) atoms. The SMILES string of the molecule is CC(C)(C)Cc1nc2cc(S(=O)(=O)C(C)(C)C(=O)[O-])ccc2n1CCOC(F)(F)F. The van der Waals surface area contributed by atoms with Crippen LogP contribution in [-0.2, 0) is 32.3 Å². The number of alkyl halides is 3. The molecule has 1 heterocycles. The summed E-state index contributed by atoms with van der Waals surface area (Å²) in [4.78, 5) is 15.5. The second-order valence-electron chi connectivity index (χ2n) is 8.66. The number of halogens is 3. The molecule has 1 aromatic carbocycles. The molecule has 0 saturated carbocycles. The molecule has 2 aromatic rings. The zero-order valence-corrected chi connectivity index (χ0v) is 18.1. The highest BCUT2D eigenvalue weighted by atomic mass is 32.2. The van der Waals surface area contributed by atoms with Crippen LogP contribution in [0.25, 0.3) is 11.0 Å². The Kier molecular flexibility index (Phi) is 6.31. The first-order valence-electron chi connectivity index (χ1n) is 9.12. The largest absolute Gasteiger partial charge is 0.548 e. The number of fused-ring (bicyclic) bond motifs is 1. The van der Waals surface area contributed by atoms with Crippen molar-refractivity contribution >= 4 is 26.8 Å². The number of nitrogens with zero attached hydrogens (tertiary/aromatic N) is 2. The lowest BCUT2D eigenvalue weighted by Crippen LogP contribution is -2.49. The molecule has 0 spiro atoms. The van der Waals surface area contributed by atoms with Crippen molar-refractivity contribution in [3.8, 4) is 0 Å². The van der Waals surface area contributed by atoms with Gasteiger partial charge in [-0.3, -0.25) is 4.74 Å². The van der Waals surface area contributed by atoms with Gasteiger partial charge in [0.1, 0.15) is 10.6 Å². The predicted molar refractivity (Wildman–Crippen MR) is 101 cm³/mol. The van der Waals surface area contributed by atoms with E-state index in [9.17, 15) is 31.5 Å². The average molecular weight is 449 g/mol. The molecule has 0 aliphatic heterocycles. The molecular weight excluding hydrogens is 425 g/mol. The van der Waals surface area contributed by atoms with Gasteiger partial charge in [0.15, 0.2) is 9.84 Å². The number of imidazole rings is 1. The van der Waals surface area contributed by atoms with E-state index >= 15 is 0 Å². The van der Waals surface area contributed by atoms with E-state index in [-0.39, 0.29) is 22.4 Å². The summed E-state index contributed by atoms with van der Waals surface area (Å²) in [5.74, 6) is -1.28. The van der Waals surface area contributed by atoms with Crippen molar-refractivity contribution in [2.24, 2.45) is 5.41 Å². The van der Waals surface area contributed by atoms with Gasteiger partial charge >= 0.3 is 6.36 Å². The van der Waals surface area contributed by atoms with Gasteiger partial charge in [-0.25, -0.2) is 13.4 Å². The lowest BCUT2D eigenvalue weighted by Gasteiger charge is -2.25. The summed E-state index contributed by atoms with van der Waals surface area (Å²) < 4.78 is 65.8. The second-order valence-corrected chi connectivity index (χ2v) is 11.2. The smallest absolute Gasteiger partial charge is 0.522 e. The molecule has 1 aromatic heterocycles. The highest BCUT2D eigenvalue weighted by Gasteiger charge is 2.37. The third-order valence-corrected chi connectivity index (χ3v) is 6.93. The molecule has 7 nitrogen and oxygen atoms in total. The van der Waals surface area contributed by atoms with Crippen LogP contribution in [0.15, 0.2) is 23.1 Å². The molecule has 0 bridgehead atoms. The van der Waals surface area contributed by atoms with Crippen molar-refractivity contribution in [2.45, 2.75) is 63.6 Å². The Morgan fingerprint density at radius 1 is 1.17 bits per heavy atom. The van der Waals surface area contributed by atoms with E-state index in [1.165, 1.54) is 18.2 Å². The van der Waals surface area contributed by atoms with Crippen molar-refractivity contribution in [1.29, 1.82) is 0 Å². The topological polar surface area (TPSA) is 101 Å². The number of rotatable bonds is 7. The predicted octanol–water partition coefficient (Wildman–Crippen LogP) is 2.46. The Balaban J connectivity index is 2.55. The number of carbonyl (C=O) groups excluding carboxylic acids is 1. The van der Waals surface area contributed by atoms with Crippen LogP contribution in [0.2, 0.25) is 0 Å². The monoisotopic (exact) mass is 449 g/mol. The normalized spacial score (nSPS) is 13.7. The second kappa shape index (κ2) is 7.84. The van der Waals surface area contributed by atoms with Crippen LogP contribution in [-0.4, -0.2) is 41.7 Å². The molecule has 0 unspecified atom stereocenters.